The molecule has 0 radical (unpaired) electrons. The summed E-state index contributed by atoms with van der Waals surface area (Å²) in [7, 11) is 2.76. The molecule has 7 amide bonds. The first kappa shape index (κ1) is 60.2. The lowest BCUT2D eigenvalue weighted by atomic mass is 9.93. The first-order valence-electron chi connectivity index (χ1n) is 24.2. The molecule has 2 aromatic rings. The predicted molar refractivity (Wildman–Crippen MR) is 268 cm³/mol. The zero-order valence-corrected chi connectivity index (χ0v) is 43.4. The fourth-order valence-electron chi connectivity index (χ4n) is 7.44. The Hall–Kier alpha value is -7.13. The van der Waals surface area contributed by atoms with Crippen LogP contribution in [0.15, 0.2) is 78.4 Å². The molecule has 400 valence electrons. The number of carbonyl (C=O) groups is 9. The van der Waals surface area contributed by atoms with E-state index in [2.05, 4.69) is 31.9 Å². The molecule has 1 saturated heterocycles. The minimum Gasteiger partial charge on any atom is -0.497 e. The third kappa shape index (κ3) is 17.8. The maximum Gasteiger partial charge on any atom is 0.332 e. The van der Waals surface area contributed by atoms with E-state index in [1.165, 1.54) is 59.2 Å². The van der Waals surface area contributed by atoms with Crippen molar-refractivity contribution in [3.63, 3.8) is 0 Å². The van der Waals surface area contributed by atoms with Crippen molar-refractivity contribution in [2.75, 3.05) is 27.3 Å². The number of aliphatic hydroxyl groups is 2. The van der Waals surface area contributed by atoms with E-state index in [-0.39, 0.29) is 12.0 Å². The summed E-state index contributed by atoms with van der Waals surface area (Å²) in [5.41, 5.74) is 1.60. The lowest BCUT2D eigenvalue weighted by Gasteiger charge is -2.34. The normalized spacial score (nSPS) is 23.7. The third-order valence-electron chi connectivity index (χ3n) is 12.6. The second-order valence-electron chi connectivity index (χ2n) is 18.4. The van der Waals surface area contributed by atoms with Crippen LogP contribution < -0.4 is 36.6 Å². The van der Waals surface area contributed by atoms with Crippen LogP contribution in [-0.2, 0) is 59.0 Å². The van der Waals surface area contributed by atoms with Crippen LogP contribution in [-0.4, -0.2) is 144 Å². The summed E-state index contributed by atoms with van der Waals surface area (Å²) in [4.78, 5) is 127. The Morgan fingerprint density at radius 2 is 1.45 bits per heavy atom. The Morgan fingerprint density at radius 3 is 2.03 bits per heavy atom. The number of allylic oxidation sites excluding steroid dienone is 3. The van der Waals surface area contributed by atoms with Crippen LogP contribution in [0.4, 0.5) is 0 Å². The number of nitrogens with one attached hydrogen (secondary N) is 6. The van der Waals surface area contributed by atoms with Gasteiger partial charge >= 0.3 is 11.9 Å². The molecular weight excluding hydrogens is 947 g/mol. The van der Waals surface area contributed by atoms with Crippen molar-refractivity contribution in [2.24, 2.45) is 17.8 Å². The lowest BCUT2D eigenvalue weighted by molar-refractivity contribution is -0.160. The summed E-state index contributed by atoms with van der Waals surface area (Å²) in [5.74, 6) is -10.4. The molecule has 8 N–H and O–H groups in total. The largest absolute Gasteiger partial charge is 0.497 e. The van der Waals surface area contributed by atoms with Gasteiger partial charge in [-0.3, -0.25) is 38.4 Å². The summed E-state index contributed by atoms with van der Waals surface area (Å²) in [5, 5.41) is 37.0. The maximum absolute atomic E-state index is 15.0. The van der Waals surface area contributed by atoms with Crippen molar-refractivity contribution < 1.29 is 67.6 Å². The molecule has 1 aliphatic rings. The molecule has 2 aromatic carbocycles. The molecule has 21 nitrogen and oxygen atoms in total. The number of benzene rings is 2. The Morgan fingerprint density at radius 1 is 0.836 bits per heavy atom. The third-order valence-corrected chi connectivity index (χ3v) is 12.6. The minimum absolute atomic E-state index is 0.137. The first-order chi connectivity index (χ1) is 34.4. The van der Waals surface area contributed by atoms with Crippen LogP contribution in [0, 0.1) is 17.8 Å². The summed E-state index contributed by atoms with van der Waals surface area (Å²) in [6.07, 6.45) is 0.135. The van der Waals surface area contributed by atoms with Gasteiger partial charge in [0.15, 0.2) is 6.04 Å². The highest BCUT2D eigenvalue weighted by molar-refractivity contribution is 5.98. The number of amides is 7. The fraction of sp³-hybridized carbons (Fsp3) is 0.519. The number of esters is 2. The zero-order valence-electron chi connectivity index (χ0n) is 43.4. The number of likely N-dealkylation sites (N-methyl/N-ethyl adjacent to an activating group) is 1. The molecule has 1 heterocycles. The molecule has 0 saturated carbocycles. The van der Waals surface area contributed by atoms with Gasteiger partial charge in [-0.25, -0.2) is 4.79 Å². The molecule has 0 spiro atoms. The van der Waals surface area contributed by atoms with Gasteiger partial charge in [-0.15, -0.1) is 0 Å². The van der Waals surface area contributed by atoms with Crippen LogP contribution in [0.1, 0.15) is 85.9 Å². The van der Waals surface area contributed by atoms with Crippen molar-refractivity contribution in [2.45, 2.75) is 130 Å². The smallest absolute Gasteiger partial charge is 0.332 e. The first-order valence-corrected chi connectivity index (χ1v) is 24.2. The second-order valence-corrected chi connectivity index (χ2v) is 18.4. The number of hydrogen-bond donors (Lipinski definition) is 8. The van der Waals surface area contributed by atoms with Gasteiger partial charge in [0.2, 0.25) is 41.4 Å². The topological polar surface area (TPSA) is 297 Å². The van der Waals surface area contributed by atoms with Crippen molar-refractivity contribution in [1.29, 1.82) is 0 Å². The van der Waals surface area contributed by atoms with E-state index >= 15 is 0 Å². The molecule has 0 aliphatic carbocycles. The van der Waals surface area contributed by atoms with Crippen molar-refractivity contribution in [3.05, 3.63) is 89.5 Å². The standard InChI is InChI=1S/C52H73N7O14/c1-12-29(5)19-24-39(61)53-26-40(62)72-27-37-52(70)73-33(9)43(57-46(64)31(7)45(63)28(3)4)50(68)55-41(30(6)13-2)48(66)58-44(35-20-22-36(71-11)23-21-35)51(69)59(10)38(25-34-17-15-14-16-18-34)47(65)56-42(32(8)60)49(67)54-37/h12,14-24,28,30-33,37-38,41-45,60,63H,13,25-27H2,1-11H3,(H,53,61)(H,54,67)(H,55,68)(H,56,65)(H,57,64)(H,58,66)/b24-19+,29-12+/t30-,31+,32+,33+,37-,38-,41+,42+,43-,44-,45+/m0/s1. The Balaban J connectivity index is 2.26. The molecule has 3 rings (SSSR count). The van der Waals surface area contributed by atoms with E-state index in [4.69, 9.17) is 14.2 Å². The van der Waals surface area contributed by atoms with Gasteiger partial charge in [0.1, 0.15) is 55.2 Å². The van der Waals surface area contributed by atoms with Crippen LogP contribution >= 0.6 is 0 Å². The predicted octanol–water partition coefficient (Wildman–Crippen LogP) is 1.07. The molecule has 0 unspecified atom stereocenters. The molecule has 11 atom stereocenters. The summed E-state index contributed by atoms with van der Waals surface area (Å²) in [6.45, 7) is 12.5. The van der Waals surface area contributed by atoms with E-state index in [9.17, 15) is 53.4 Å². The monoisotopic (exact) mass is 1020 g/mol. The number of rotatable bonds is 17. The average molecular weight is 1020 g/mol. The summed E-state index contributed by atoms with van der Waals surface area (Å²) in [6, 6.07) is 4.84. The molecule has 1 fully saturated rings. The van der Waals surface area contributed by atoms with E-state index in [0.29, 0.717) is 17.7 Å². The van der Waals surface area contributed by atoms with Gasteiger partial charge in [-0.05, 0) is 62.8 Å². The quantitative estimate of drug-likeness (QED) is 0.0625. The molecule has 0 bridgehead atoms. The Labute approximate surface area is 426 Å². The average Bonchev–Trinajstić information content (AvgIpc) is 3.37. The number of nitrogens with zero attached hydrogens (tertiary/aromatic N) is 1. The Bertz CT molecular complexity index is 2300. The SMILES string of the molecule is C/C=C(C)/C=C/C(=O)NCC(=O)OC[C@@H]1NC(=O)[C@@H]([C@@H](C)O)NC(=O)[C@H](Cc2ccccc2)N(C)C(=O)[C@H](c2ccc(OC)cc2)NC(=O)[C@@H]([C@@H](C)CC)NC(=O)[C@@H](NC(=O)[C@H](C)[C@H](O)C(C)C)[C@@H](C)OC1=O. The number of hydrogen-bond acceptors (Lipinski definition) is 14. The molecule has 73 heavy (non-hydrogen) atoms. The summed E-state index contributed by atoms with van der Waals surface area (Å²) >= 11 is 0. The van der Waals surface area contributed by atoms with Crippen molar-refractivity contribution >= 4 is 53.3 Å². The number of ether oxygens (including phenoxy) is 3. The van der Waals surface area contributed by atoms with Crippen LogP contribution in [0.5, 0.6) is 5.75 Å². The number of aliphatic hydroxyl groups excluding tert-OH is 2. The van der Waals surface area contributed by atoms with Gasteiger partial charge in [0.25, 0.3) is 0 Å². The molecule has 0 aromatic heterocycles. The number of cyclic esters (lactones) is 1. The molecular formula is C52H73N7O14. The highest BCUT2D eigenvalue weighted by atomic mass is 16.6. The van der Waals surface area contributed by atoms with Gasteiger partial charge in [-0.1, -0.05) is 101 Å². The van der Waals surface area contributed by atoms with E-state index in [1.807, 2.05) is 0 Å². The second kappa shape index (κ2) is 28.8. The van der Waals surface area contributed by atoms with Crippen LogP contribution in [0.3, 0.4) is 0 Å². The Kier molecular flexibility index (Phi) is 23.7. The highest BCUT2D eigenvalue weighted by Gasteiger charge is 2.41. The minimum atomic E-state index is -1.93. The fourth-order valence-corrected chi connectivity index (χ4v) is 7.44. The molecule has 1 aliphatic heterocycles. The number of methoxy groups -OCH3 is 1. The summed E-state index contributed by atoms with van der Waals surface area (Å²) < 4.78 is 16.4. The highest BCUT2D eigenvalue weighted by Crippen LogP contribution is 2.23. The van der Waals surface area contributed by atoms with Gasteiger partial charge in [0.05, 0.1) is 25.2 Å². The van der Waals surface area contributed by atoms with E-state index in [0.717, 1.165) is 10.5 Å². The lowest BCUT2D eigenvalue weighted by Crippen LogP contribution is -2.61. The van der Waals surface area contributed by atoms with Gasteiger partial charge in [0, 0.05) is 19.5 Å². The number of carbonyl (C=O) groups excluding carboxylic acids is 9. The van der Waals surface area contributed by atoms with Gasteiger partial charge in [-0.2, -0.15) is 0 Å². The van der Waals surface area contributed by atoms with Crippen molar-refractivity contribution in [3.8, 4) is 5.75 Å². The maximum atomic E-state index is 15.0. The van der Waals surface area contributed by atoms with Crippen LogP contribution in [0.25, 0.3) is 0 Å². The van der Waals surface area contributed by atoms with Gasteiger partial charge < -0.3 is 61.2 Å². The van der Waals surface area contributed by atoms with Crippen LogP contribution in [0.2, 0.25) is 0 Å². The molecule has 21 heteroatoms. The van der Waals surface area contributed by atoms with E-state index < -0.39 is 139 Å². The van der Waals surface area contributed by atoms with Crippen molar-refractivity contribution in [1.82, 2.24) is 36.8 Å². The zero-order chi connectivity index (χ0) is 54.7. The van der Waals surface area contributed by atoms with E-state index in [1.54, 1.807) is 90.1 Å².